The molecule has 0 saturated heterocycles. The van der Waals surface area contributed by atoms with Crippen LogP contribution in [0.3, 0.4) is 0 Å². The Morgan fingerprint density at radius 1 is 1.05 bits per heavy atom. The maximum absolute atomic E-state index is 12.5. The van der Waals surface area contributed by atoms with E-state index in [0.29, 0.717) is 38.4 Å². The molecular weight excluding hydrogens is 494 g/mol. The van der Waals surface area contributed by atoms with Gasteiger partial charge in [-0.2, -0.15) is 0 Å². The zero-order valence-electron chi connectivity index (χ0n) is 24.1. The highest BCUT2D eigenvalue weighted by Crippen LogP contribution is 2.16. The van der Waals surface area contributed by atoms with Crippen molar-refractivity contribution in [2.24, 2.45) is 5.92 Å². The molecule has 2 aromatic heterocycles. The third kappa shape index (κ3) is 12.0. The molecule has 0 bridgehead atoms. The van der Waals surface area contributed by atoms with Crippen LogP contribution in [-0.4, -0.2) is 71.2 Å². The van der Waals surface area contributed by atoms with Crippen LogP contribution in [-0.2, 0) is 22.4 Å². The second kappa shape index (κ2) is 18.2. The van der Waals surface area contributed by atoms with Crippen molar-refractivity contribution in [3.63, 3.8) is 0 Å². The Hall–Kier alpha value is -3.20. The average Bonchev–Trinajstić information content (AvgIpc) is 2.95. The highest BCUT2D eigenvalue weighted by Gasteiger charge is 2.22. The van der Waals surface area contributed by atoms with Crippen LogP contribution in [0.15, 0.2) is 36.5 Å². The van der Waals surface area contributed by atoms with Gasteiger partial charge < -0.3 is 20.5 Å². The van der Waals surface area contributed by atoms with Crippen LogP contribution < -0.4 is 15.4 Å². The van der Waals surface area contributed by atoms with Gasteiger partial charge >= 0.3 is 5.97 Å². The van der Waals surface area contributed by atoms with Crippen molar-refractivity contribution in [3.05, 3.63) is 47.8 Å². The van der Waals surface area contributed by atoms with Crippen LogP contribution in [0, 0.1) is 5.92 Å². The molecule has 3 N–H and O–H groups in total. The molecule has 2 heterocycles. The number of amides is 1. The molecule has 1 unspecified atom stereocenters. The van der Waals surface area contributed by atoms with Gasteiger partial charge in [-0.3, -0.25) is 9.69 Å². The molecule has 0 fully saturated rings. The summed E-state index contributed by atoms with van der Waals surface area (Å²) in [6.45, 7) is 8.65. The number of rotatable bonds is 20. The first-order valence-corrected chi connectivity index (χ1v) is 14.3. The fourth-order valence-corrected chi connectivity index (χ4v) is 4.52. The second-order valence-corrected chi connectivity index (χ2v) is 9.86. The number of aromatic nitrogens is 2. The van der Waals surface area contributed by atoms with E-state index in [9.17, 15) is 14.7 Å². The summed E-state index contributed by atoms with van der Waals surface area (Å²) in [5.41, 5.74) is 2.27. The summed E-state index contributed by atoms with van der Waals surface area (Å²) in [5, 5.41) is 15.7. The Morgan fingerprint density at radius 3 is 2.49 bits per heavy atom. The van der Waals surface area contributed by atoms with Gasteiger partial charge in [0, 0.05) is 44.5 Å². The number of hydrogen-bond acceptors (Lipinski definition) is 7. The summed E-state index contributed by atoms with van der Waals surface area (Å²) in [5.74, 6) is 0.588. The Bertz CT molecular complexity index is 985. The number of pyridine rings is 2. The molecule has 1 atom stereocenters. The van der Waals surface area contributed by atoms with Gasteiger partial charge in [0.1, 0.15) is 18.5 Å². The number of anilines is 1. The second-order valence-electron chi connectivity index (χ2n) is 9.86. The zero-order chi connectivity index (χ0) is 28.5. The Balaban J connectivity index is 1.92. The number of hydrogen-bond donors (Lipinski definition) is 3. The highest BCUT2D eigenvalue weighted by atomic mass is 16.5. The van der Waals surface area contributed by atoms with Gasteiger partial charge in [0.25, 0.3) is 0 Å². The quantitative estimate of drug-likeness (QED) is 0.209. The summed E-state index contributed by atoms with van der Waals surface area (Å²) in [4.78, 5) is 35.5. The molecular formula is C30H47N5O4. The number of carboxylic acids is 1. The predicted molar refractivity (Wildman–Crippen MR) is 155 cm³/mol. The first-order chi connectivity index (χ1) is 18.9. The summed E-state index contributed by atoms with van der Waals surface area (Å²) in [6.07, 6.45) is 7.91. The third-order valence-electron chi connectivity index (χ3n) is 7.10. The first kappa shape index (κ1) is 32.0. The molecule has 39 heavy (non-hydrogen) atoms. The number of nitrogens with zero attached hydrogens (tertiary/aromatic N) is 3. The summed E-state index contributed by atoms with van der Waals surface area (Å²) in [6, 6.07) is 8.86. The SMILES string of the molecule is CCc1ccc(CCCCN(CCOc2ccccn2)CCC(NC(=O)CC(CC)CC)C(=O)O)nc1NC. The van der Waals surface area contributed by atoms with E-state index in [2.05, 4.69) is 53.4 Å². The monoisotopic (exact) mass is 541 g/mol. The molecule has 0 aliphatic heterocycles. The zero-order valence-corrected chi connectivity index (χ0v) is 24.1. The Labute approximate surface area is 233 Å². The van der Waals surface area contributed by atoms with Crippen LogP contribution in [0.25, 0.3) is 0 Å². The molecule has 0 spiro atoms. The van der Waals surface area contributed by atoms with E-state index in [-0.39, 0.29) is 11.8 Å². The van der Waals surface area contributed by atoms with Gasteiger partial charge in [-0.05, 0) is 62.3 Å². The van der Waals surface area contributed by atoms with Crippen molar-refractivity contribution < 1.29 is 19.4 Å². The molecule has 0 saturated carbocycles. The van der Waals surface area contributed by atoms with Crippen molar-refractivity contribution in [2.75, 3.05) is 38.6 Å². The molecule has 216 valence electrons. The lowest BCUT2D eigenvalue weighted by molar-refractivity contribution is -0.142. The van der Waals surface area contributed by atoms with Crippen molar-refractivity contribution in [2.45, 2.75) is 78.2 Å². The lowest BCUT2D eigenvalue weighted by Crippen LogP contribution is -2.44. The molecule has 9 heteroatoms. The summed E-state index contributed by atoms with van der Waals surface area (Å²) in [7, 11) is 1.90. The van der Waals surface area contributed by atoms with Crippen molar-refractivity contribution >= 4 is 17.7 Å². The van der Waals surface area contributed by atoms with E-state index in [0.717, 1.165) is 56.6 Å². The van der Waals surface area contributed by atoms with Crippen molar-refractivity contribution in [1.29, 1.82) is 0 Å². The minimum Gasteiger partial charge on any atom is -0.480 e. The fourth-order valence-electron chi connectivity index (χ4n) is 4.52. The molecule has 0 radical (unpaired) electrons. The topological polar surface area (TPSA) is 117 Å². The first-order valence-electron chi connectivity index (χ1n) is 14.3. The number of nitrogens with one attached hydrogen (secondary N) is 2. The van der Waals surface area contributed by atoms with E-state index in [1.54, 1.807) is 6.20 Å². The standard InChI is InChI=1S/C30H47N5O4/c1-5-23(6-2)22-27(36)34-26(30(37)38)16-19-35(20-21-39-28-13-8-10-17-32-28)18-11-9-12-25-15-14-24(7-3)29(31-4)33-25/h8,10,13-15,17,23,26H,5-7,9,11-12,16,18-22H2,1-4H3,(H,31,33)(H,34,36)(H,37,38). The number of carboxylic acid groups (broad SMARTS) is 1. The van der Waals surface area contributed by atoms with Crippen molar-refractivity contribution in [3.8, 4) is 5.88 Å². The molecule has 0 aliphatic carbocycles. The Morgan fingerprint density at radius 2 is 1.85 bits per heavy atom. The van der Waals surface area contributed by atoms with Crippen LogP contribution >= 0.6 is 0 Å². The van der Waals surface area contributed by atoms with Crippen LogP contribution in [0.1, 0.15) is 70.6 Å². The lowest BCUT2D eigenvalue weighted by Gasteiger charge is -2.24. The normalized spacial score (nSPS) is 11.9. The maximum Gasteiger partial charge on any atom is 0.326 e. The summed E-state index contributed by atoms with van der Waals surface area (Å²) < 4.78 is 5.79. The molecule has 2 aromatic rings. The van der Waals surface area contributed by atoms with Crippen LogP contribution in [0.2, 0.25) is 0 Å². The number of unbranched alkanes of at least 4 members (excludes halogenated alkanes) is 1. The molecule has 0 aliphatic rings. The smallest absolute Gasteiger partial charge is 0.326 e. The minimum atomic E-state index is -1.00. The molecule has 0 aromatic carbocycles. The van der Waals surface area contributed by atoms with Gasteiger partial charge in [-0.25, -0.2) is 14.8 Å². The van der Waals surface area contributed by atoms with Crippen LogP contribution in [0.5, 0.6) is 5.88 Å². The number of ether oxygens (including phenoxy) is 1. The van der Waals surface area contributed by atoms with Gasteiger partial charge in [-0.1, -0.05) is 45.7 Å². The van der Waals surface area contributed by atoms with Crippen molar-refractivity contribution in [1.82, 2.24) is 20.2 Å². The third-order valence-corrected chi connectivity index (χ3v) is 7.10. The largest absolute Gasteiger partial charge is 0.480 e. The van der Waals surface area contributed by atoms with E-state index in [1.165, 1.54) is 5.56 Å². The van der Waals surface area contributed by atoms with Gasteiger partial charge in [0.15, 0.2) is 0 Å². The van der Waals surface area contributed by atoms with Crippen LogP contribution in [0.4, 0.5) is 5.82 Å². The number of aryl methyl sites for hydroxylation is 2. The van der Waals surface area contributed by atoms with E-state index >= 15 is 0 Å². The molecule has 1 amide bonds. The van der Waals surface area contributed by atoms with E-state index in [4.69, 9.17) is 9.72 Å². The highest BCUT2D eigenvalue weighted by molar-refractivity contribution is 5.83. The van der Waals surface area contributed by atoms with Gasteiger partial charge in [-0.15, -0.1) is 0 Å². The number of carbonyl (C=O) groups excluding carboxylic acids is 1. The number of carbonyl (C=O) groups is 2. The molecule has 9 nitrogen and oxygen atoms in total. The fraction of sp³-hybridized carbons (Fsp3) is 0.600. The number of aliphatic carboxylic acids is 1. The predicted octanol–water partition coefficient (Wildman–Crippen LogP) is 4.57. The van der Waals surface area contributed by atoms with Gasteiger partial charge in [0.05, 0.1) is 0 Å². The lowest BCUT2D eigenvalue weighted by atomic mass is 9.99. The maximum atomic E-state index is 12.5. The minimum absolute atomic E-state index is 0.191. The average molecular weight is 542 g/mol. The Kier molecular flexibility index (Phi) is 14.9. The van der Waals surface area contributed by atoms with E-state index in [1.807, 2.05) is 25.2 Å². The molecule has 2 rings (SSSR count). The summed E-state index contributed by atoms with van der Waals surface area (Å²) >= 11 is 0. The van der Waals surface area contributed by atoms with Gasteiger partial charge in [0.2, 0.25) is 11.8 Å². The van der Waals surface area contributed by atoms with E-state index < -0.39 is 12.0 Å².